The molecule has 0 atom stereocenters. The maximum atomic E-state index is 11.6. The second-order valence-corrected chi connectivity index (χ2v) is 6.31. The number of benzene rings is 1. The zero-order valence-corrected chi connectivity index (χ0v) is 15.1. The Morgan fingerprint density at radius 3 is 2.59 bits per heavy atom. The summed E-state index contributed by atoms with van der Waals surface area (Å²) in [5.41, 5.74) is 5.59. The molecule has 6 heteroatoms. The number of nitrogens with one attached hydrogen (secondary N) is 3. The molecule has 3 N–H and O–H groups in total. The molecule has 0 saturated carbocycles. The van der Waals surface area contributed by atoms with Crippen LogP contribution >= 0.6 is 0 Å². The Kier molecular flexibility index (Phi) is 4.30. The Hall–Kier alpha value is -3.67. The van der Waals surface area contributed by atoms with Crippen molar-refractivity contribution in [2.45, 2.75) is 6.92 Å². The summed E-state index contributed by atoms with van der Waals surface area (Å²) in [5, 5.41) is 6.92. The maximum Gasteiger partial charge on any atom is 0.251 e. The Labute approximate surface area is 156 Å². The van der Waals surface area contributed by atoms with Gasteiger partial charge in [-0.15, -0.1) is 0 Å². The summed E-state index contributed by atoms with van der Waals surface area (Å²) in [4.78, 5) is 23.8. The molecular weight excluding hydrogens is 338 g/mol. The van der Waals surface area contributed by atoms with Gasteiger partial charge in [0.25, 0.3) is 5.91 Å². The quantitative estimate of drug-likeness (QED) is 0.515. The van der Waals surface area contributed by atoms with Crippen LogP contribution in [0.15, 0.2) is 60.9 Å². The van der Waals surface area contributed by atoms with Crippen LogP contribution in [0.25, 0.3) is 22.2 Å². The molecule has 0 aliphatic carbocycles. The summed E-state index contributed by atoms with van der Waals surface area (Å²) in [7, 11) is 1.62. The van der Waals surface area contributed by atoms with Crippen LogP contribution < -0.4 is 10.6 Å². The number of rotatable bonds is 4. The minimum absolute atomic E-state index is 0.105. The molecule has 0 radical (unpaired) electrons. The van der Waals surface area contributed by atoms with Gasteiger partial charge in [-0.3, -0.25) is 9.78 Å². The third-order valence-corrected chi connectivity index (χ3v) is 4.36. The second kappa shape index (κ2) is 6.92. The number of hydrogen-bond donors (Lipinski definition) is 3. The number of anilines is 2. The molecule has 4 rings (SSSR count). The predicted octanol–water partition coefficient (Wildman–Crippen LogP) is 4.04. The molecule has 0 saturated heterocycles. The first-order valence-corrected chi connectivity index (χ1v) is 8.63. The smallest absolute Gasteiger partial charge is 0.251 e. The SMILES string of the molecule is CNC(=O)c1ccc(Nc2cc3[nH]c(-c4ccnc(C)c4)cc3cn2)cc1. The molecule has 0 bridgehead atoms. The molecule has 134 valence electrons. The van der Waals surface area contributed by atoms with Gasteiger partial charge in [-0.05, 0) is 49.4 Å². The van der Waals surface area contributed by atoms with E-state index in [1.54, 1.807) is 19.2 Å². The highest BCUT2D eigenvalue weighted by Gasteiger charge is 2.07. The molecule has 0 unspecified atom stereocenters. The molecule has 6 nitrogen and oxygen atoms in total. The molecule has 3 heterocycles. The summed E-state index contributed by atoms with van der Waals surface area (Å²) in [5.74, 6) is 0.626. The van der Waals surface area contributed by atoms with Crippen LogP contribution in [0.4, 0.5) is 11.5 Å². The lowest BCUT2D eigenvalue weighted by atomic mass is 10.1. The summed E-state index contributed by atoms with van der Waals surface area (Å²) < 4.78 is 0. The number of aryl methyl sites for hydroxylation is 1. The number of pyridine rings is 2. The van der Waals surface area contributed by atoms with E-state index in [0.717, 1.165) is 39.4 Å². The maximum absolute atomic E-state index is 11.6. The lowest BCUT2D eigenvalue weighted by molar-refractivity contribution is 0.0963. The molecule has 3 aromatic heterocycles. The van der Waals surface area contributed by atoms with Crippen molar-refractivity contribution in [2.75, 3.05) is 12.4 Å². The van der Waals surface area contributed by atoms with Gasteiger partial charge in [0.2, 0.25) is 0 Å². The molecular formula is C21H19N5O. The Morgan fingerprint density at radius 2 is 1.85 bits per heavy atom. The number of fused-ring (bicyclic) bond motifs is 1. The van der Waals surface area contributed by atoms with Gasteiger partial charge in [-0.25, -0.2) is 4.98 Å². The van der Waals surface area contributed by atoms with Gasteiger partial charge >= 0.3 is 0 Å². The van der Waals surface area contributed by atoms with Crippen molar-refractivity contribution < 1.29 is 4.79 Å². The highest BCUT2D eigenvalue weighted by atomic mass is 16.1. The average Bonchev–Trinajstić information content (AvgIpc) is 3.11. The first-order valence-electron chi connectivity index (χ1n) is 8.63. The number of H-pyrrole nitrogens is 1. The number of carbonyl (C=O) groups excluding carboxylic acids is 1. The van der Waals surface area contributed by atoms with E-state index in [0.29, 0.717) is 5.56 Å². The molecule has 1 amide bonds. The second-order valence-electron chi connectivity index (χ2n) is 6.31. The summed E-state index contributed by atoms with van der Waals surface area (Å²) in [6.07, 6.45) is 3.65. The van der Waals surface area contributed by atoms with E-state index in [2.05, 4.69) is 31.7 Å². The number of aromatic amines is 1. The molecule has 0 aliphatic rings. The van der Waals surface area contributed by atoms with Crippen molar-refractivity contribution in [2.24, 2.45) is 0 Å². The lowest BCUT2D eigenvalue weighted by Crippen LogP contribution is -2.17. The van der Waals surface area contributed by atoms with Crippen molar-refractivity contribution in [1.82, 2.24) is 20.3 Å². The van der Waals surface area contributed by atoms with Gasteiger partial charge < -0.3 is 15.6 Å². The largest absolute Gasteiger partial charge is 0.355 e. The van der Waals surface area contributed by atoms with Crippen LogP contribution in [0.2, 0.25) is 0 Å². The Balaban J connectivity index is 1.59. The first kappa shape index (κ1) is 16.8. The van der Waals surface area contributed by atoms with E-state index in [1.165, 1.54) is 0 Å². The lowest BCUT2D eigenvalue weighted by Gasteiger charge is -2.06. The zero-order chi connectivity index (χ0) is 18.8. The topological polar surface area (TPSA) is 82.7 Å². The van der Waals surface area contributed by atoms with E-state index >= 15 is 0 Å². The molecule has 4 aromatic rings. The van der Waals surface area contributed by atoms with Crippen LogP contribution in [-0.4, -0.2) is 27.9 Å². The van der Waals surface area contributed by atoms with Crippen molar-refractivity contribution in [3.8, 4) is 11.3 Å². The van der Waals surface area contributed by atoms with Gasteiger partial charge in [-0.2, -0.15) is 0 Å². The van der Waals surface area contributed by atoms with Crippen LogP contribution in [-0.2, 0) is 0 Å². The van der Waals surface area contributed by atoms with Crippen LogP contribution in [0.1, 0.15) is 16.1 Å². The summed E-state index contributed by atoms with van der Waals surface area (Å²) in [6, 6.07) is 15.4. The zero-order valence-electron chi connectivity index (χ0n) is 15.1. The van der Waals surface area contributed by atoms with Gasteiger partial charge in [0.05, 0.1) is 5.52 Å². The molecule has 1 aromatic carbocycles. The van der Waals surface area contributed by atoms with E-state index in [1.807, 2.05) is 49.6 Å². The third-order valence-electron chi connectivity index (χ3n) is 4.36. The summed E-state index contributed by atoms with van der Waals surface area (Å²) >= 11 is 0. The van der Waals surface area contributed by atoms with Crippen molar-refractivity contribution in [3.63, 3.8) is 0 Å². The number of nitrogens with zero attached hydrogens (tertiary/aromatic N) is 2. The number of carbonyl (C=O) groups is 1. The fraction of sp³-hybridized carbons (Fsp3) is 0.0952. The highest BCUT2D eigenvalue weighted by Crippen LogP contribution is 2.26. The van der Waals surface area contributed by atoms with E-state index in [-0.39, 0.29) is 5.91 Å². The number of aromatic nitrogens is 3. The van der Waals surface area contributed by atoms with Crippen molar-refractivity contribution in [1.29, 1.82) is 0 Å². The van der Waals surface area contributed by atoms with Crippen LogP contribution in [0.3, 0.4) is 0 Å². The number of hydrogen-bond acceptors (Lipinski definition) is 4. The molecule has 0 fully saturated rings. The molecule has 0 spiro atoms. The predicted molar refractivity (Wildman–Crippen MR) is 107 cm³/mol. The van der Waals surface area contributed by atoms with Gasteiger partial charge in [0.1, 0.15) is 5.82 Å². The monoisotopic (exact) mass is 357 g/mol. The minimum Gasteiger partial charge on any atom is -0.355 e. The van der Waals surface area contributed by atoms with E-state index in [4.69, 9.17) is 0 Å². The fourth-order valence-electron chi connectivity index (χ4n) is 2.96. The van der Waals surface area contributed by atoms with Crippen LogP contribution in [0, 0.1) is 6.92 Å². The van der Waals surface area contributed by atoms with Gasteiger partial charge in [0, 0.05) is 59.1 Å². The van der Waals surface area contributed by atoms with Gasteiger partial charge in [0.15, 0.2) is 0 Å². The first-order chi connectivity index (χ1) is 13.1. The summed E-state index contributed by atoms with van der Waals surface area (Å²) in [6.45, 7) is 1.98. The van der Waals surface area contributed by atoms with Gasteiger partial charge in [-0.1, -0.05) is 0 Å². The highest BCUT2D eigenvalue weighted by molar-refractivity contribution is 5.94. The minimum atomic E-state index is -0.105. The Morgan fingerprint density at radius 1 is 1.04 bits per heavy atom. The normalized spacial score (nSPS) is 10.7. The number of amides is 1. The average molecular weight is 357 g/mol. The fourth-order valence-corrected chi connectivity index (χ4v) is 2.96. The van der Waals surface area contributed by atoms with Crippen molar-refractivity contribution in [3.05, 3.63) is 72.2 Å². The Bertz CT molecular complexity index is 1120. The van der Waals surface area contributed by atoms with E-state index < -0.39 is 0 Å². The van der Waals surface area contributed by atoms with Crippen LogP contribution in [0.5, 0.6) is 0 Å². The standard InChI is InChI=1S/C21H19N5O/c1-13-9-15(7-8-23-13)18-10-16-12-24-20(11-19(16)26-18)25-17-5-3-14(4-6-17)21(27)22-2/h3-12,26H,1-2H3,(H,22,27)(H,24,25). The molecule has 0 aliphatic heterocycles. The molecule has 27 heavy (non-hydrogen) atoms. The van der Waals surface area contributed by atoms with E-state index in [9.17, 15) is 4.79 Å². The third kappa shape index (κ3) is 3.50. The van der Waals surface area contributed by atoms with Crippen molar-refractivity contribution >= 4 is 28.3 Å².